The average Bonchev–Trinajstić information content (AvgIpc) is 2.86. The molecule has 1 saturated heterocycles. The number of rotatable bonds is 3. The number of amides is 2. The molecule has 2 unspecified atom stereocenters. The van der Waals surface area contributed by atoms with Crippen molar-refractivity contribution in [2.75, 3.05) is 13.1 Å². The summed E-state index contributed by atoms with van der Waals surface area (Å²) in [6, 6.07) is 5.92. The van der Waals surface area contributed by atoms with E-state index in [1.54, 1.807) is 4.90 Å². The number of carboxylic acid groups (broad SMARTS) is 1. The minimum atomic E-state index is -0.826. The number of carboxylic acids is 1. The monoisotopic (exact) mass is 343 g/mol. The van der Waals surface area contributed by atoms with Crippen LogP contribution in [0, 0.1) is 25.7 Å². The van der Waals surface area contributed by atoms with E-state index in [-0.39, 0.29) is 18.5 Å². The van der Waals surface area contributed by atoms with E-state index in [9.17, 15) is 14.7 Å². The number of aromatic amines is 1. The van der Waals surface area contributed by atoms with Crippen molar-refractivity contribution >= 4 is 22.9 Å². The second kappa shape index (κ2) is 6.78. The van der Waals surface area contributed by atoms with Crippen LogP contribution in [-0.2, 0) is 11.3 Å². The molecule has 1 aliphatic heterocycles. The Morgan fingerprint density at radius 1 is 1.32 bits per heavy atom. The van der Waals surface area contributed by atoms with Gasteiger partial charge in [-0.3, -0.25) is 4.79 Å². The molecule has 1 fully saturated rings. The number of fused-ring (bicyclic) bond motifs is 1. The van der Waals surface area contributed by atoms with Crippen LogP contribution in [0.5, 0.6) is 0 Å². The van der Waals surface area contributed by atoms with Gasteiger partial charge in [-0.25, -0.2) is 4.79 Å². The van der Waals surface area contributed by atoms with E-state index in [1.807, 2.05) is 26.0 Å². The number of piperidine rings is 1. The van der Waals surface area contributed by atoms with Crippen LogP contribution in [0.4, 0.5) is 4.79 Å². The molecule has 6 nitrogen and oxygen atoms in total. The van der Waals surface area contributed by atoms with Gasteiger partial charge in [0.15, 0.2) is 0 Å². The van der Waals surface area contributed by atoms with Crippen LogP contribution in [0.3, 0.4) is 0 Å². The van der Waals surface area contributed by atoms with Crippen molar-refractivity contribution in [2.24, 2.45) is 11.8 Å². The van der Waals surface area contributed by atoms with E-state index in [4.69, 9.17) is 0 Å². The molecule has 2 heterocycles. The summed E-state index contributed by atoms with van der Waals surface area (Å²) in [5.74, 6) is -1.10. The van der Waals surface area contributed by atoms with Crippen molar-refractivity contribution in [3.63, 3.8) is 0 Å². The smallest absolute Gasteiger partial charge is 0.317 e. The summed E-state index contributed by atoms with van der Waals surface area (Å²) in [6.45, 7) is 7.43. The standard InChI is InChI=1S/C19H25N3O3/c1-11-6-15(18(23)24)10-22(9-11)19(25)20-8-14-4-5-17-16(7-14)12(2)13(3)21-17/h4-5,7,11,15,21H,6,8-10H2,1-3H3,(H,20,25)(H,23,24). The molecule has 2 aromatic rings. The lowest BCUT2D eigenvalue weighted by Crippen LogP contribution is -2.49. The molecule has 3 rings (SSSR count). The van der Waals surface area contributed by atoms with Gasteiger partial charge in [-0.1, -0.05) is 13.0 Å². The summed E-state index contributed by atoms with van der Waals surface area (Å²) in [5.41, 5.74) is 4.50. The maximum Gasteiger partial charge on any atom is 0.317 e. The van der Waals surface area contributed by atoms with Gasteiger partial charge in [0.2, 0.25) is 0 Å². The van der Waals surface area contributed by atoms with E-state index in [2.05, 4.69) is 23.3 Å². The topological polar surface area (TPSA) is 85.4 Å². The van der Waals surface area contributed by atoms with Crippen LogP contribution in [-0.4, -0.2) is 40.1 Å². The normalized spacial score (nSPS) is 20.7. The fourth-order valence-electron chi connectivity index (χ4n) is 3.60. The Labute approximate surface area is 147 Å². The number of aromatic nitrogens is 1. The third-order valence-electron chi connectivity index (χ3n) is 5.11. The van der Waals surface area contributed by atoms with Crippen LogP contribution in [0.15, 0.2) is 18.2 Å². The van der Waals surface area contributed by atoms with E-state index < -0.39 is 11.9 Å². The van der Waals surface area contributed by atoms with Crippen LogP contribution in [0.25, 0.3) is 10.9 Å². The molecular weight excluding hydrogens is 318 g/mol. The fourth-order valence-corrected chi connectivity index (χ4v) is 3.60. The van der Waals surface area contributed by atoms with Crippen molar-refractivity contribution in [3.8, 4) is 0 Å². The summed E-state index contributed by atoms with van der Waals surface area (Å²) in [7, 11) is 0. The molecule has 25 heavy (non-hydrogen) atoms. The lowest BCUT2D eigenvalue weighted by molar-refractivity contribution is -0.143. The minimum Gasteiger partial charge on any atom is -0.481 e. The van der Waals surface area contributed by atoms with Crippen molar-refractivity contribution in [1.82, 2.24) is 15.2 Å². The molecule has 0 radical (unpaired) electrons. The van der Waals surface area contributed by atoms with Gasteiger partial charge < -0.3 is 20.3 Å². The van der Waals surface area contributed by atoms with Crippen molar-refractivity contribution in [2.45, 2.75) is 33.7 Å². The number of hydrogen-bond acceptors (Lipinski definition) is 2. The van der Waals surface area contributed by atoms with Crippen LogP contribution in [0.2, 0.25) is 0 Å². The molecule has 1 aromatic carbocycles. The summed E-state index contributed by atoms with van der Waals surface area (Å²) in [6.07, 6.45) is 0.627. The number of carbonyl (C=O) groups is 2. The molecule has 0 aliphatic carbocycles. The summed E-state index contributed by atoms with van der Waals surface area (Å²) in [5, 5.41) is 13.3. The summed E-state index contributed by atoms with van der Waals surface area (Å²) in [4.78, 5) is 28.6. The Morgan fingerprint density at radius 3 is 2.80 bits per heavy atom. The van der Waals surface area contributed by atoms with Crippen molar-refractivity contribution < 1.29 is 14.7 Å². The van der Waals surface area contributed by atoms with Gasteiger partial charge >= 0.3 is 12.0 Å². The quantitative estimate of drug-likeness (QED) is 0.801. The molecule has 2 amide bonds. The van der Waals surface area contributed by atoms with Gasteiger partial charge in [-0.05, 0) is 49.4 Å². The Hall–Kier alpha value is -2.50. The molecule has 2 atom stereocenters. The molecule has 0 spiro atoms. The third-order valence-corrected chi connectivity index (χ3v) is 5.11. The maximum atomic E-state index is 12.4. The van der Waals surface area contributed by atoms with E-state index in [1.165, 1.54) is 10.9 Å². The van der Waals surface area contributed by atoms with Gasteiger partial charge in [0.25, 0.3) is 0 Å². The lowest BCUT2D eigenvalue weighted by Gasteiger charge is -2.34. The SMILES string of the molecule is Cc1[nH]c2ccc(CNC(=O)N3CC(C)CC(C(=O)O)C3)cc2c1C. The fraction of sp³-hybridized carbons (Fsp3) is 0.474. The highest BCUT2D eigenvalue weighted by Gasteiger charge is 2.31. The highest BCUT2D eigenvalue weighted by Crippen LogP contribution is 2.23. The Kier molecular flexibility index (Phi) is 4.70. The predicted octanol–water partition coefficient (Wildman–Crippen LogP) is 3.04. The highest BCUT2D eigenvalue weighted by molar-refractivity contribution is 5.85. The van der Waals surface area contributed by atoms with Gasteiger partial charge in [0.1, 0.15) is 0 Å². The number of urea groups is 1. The van der Waals surface area contributed by atoms with E-state index in [0.29, 0.717) is 19.5 Å². The number of nitrogens with one attached hydrogen (secondary N) is 2. The zero-order chi connectivity index (χ0) is 18.1. The van der Waals surface area contributed by atoms with Gasteiger partial charge in [0.05, 0.1) is 5.92 Å². The Morgan fingerprint density at radius 2 is 2.08 bits per heavy atom. The zero-order valence-corrected chi connectivity index (χ0v) is 14.9. The number of aryl methyl sites for hydroxylation is 2. The first-order chi connectivity index (χ1) is 11.8. The molecular formula is C19H25N3O3. The van der Waals surface area contributed by atoms with Gasteiger partial charge in [-0.2, -0.15) is 0 Å². The van der Waals surface area contributed by atoms with Crippen LogP contribution in [0.1, 0.15) is 30.2 Å². The zero-order valence-electron chi connectivity index (χ0n) is 14.9. The molecule has 3 N–H and O–H groups in total. The number of benzene rings is 1. The lowest BCUT2D eigenvalue weighted by atomic mass is 9.91. The Bertz CT molecular complexity index is 812. The van der Waals surface area contributed by atoms with E-state index in [0.717, 1.165) is 16.8 Å². The molecule has 6 heteroatoms. The highest BCUT2D eigenvalue weighted by atomic mass is 16.4. The number of nitrogens with zero attached hydrogens (tertiary/aromatic N) is 1. The number of H-pyrrole nitrogens is 1. The molecule has 1 aliphatic rings. The average molecular weight is 343 g/mol. The second-order valence-electron chi connectivity index (χ2n) is 7.19. The maximum absolute atomic E-state index is 12.4. The van der Waals surface area contributed by atoms with E-state index >= 15 is 0 Å². The third kappa shape index (κ3) is 3.62. The van der Waals surface area contributed by atoms with Gasteiger partial charge in [-0.15, -0.1) is 0 Å². The largest absolute Gasteiger partial charge is 0.481 e. The molecule has 1 aromatic heterocycles. The van der Waals surface area contributed by atoms with Crippen LogP contribution < -0.4 is 5.32 Å². The first-order valence-electron chi connectivity index (χ1n) is 8.68. The first-order valence-corrected chi connectivity index (χ1v) is 8.68. The number of carbonyl (C=O) groups excluding carboxylic acids is 1. The van der Waals surface area contributed by atoms with Gasteiger partial charge in [0, 0.05) is 36.2 Å². The Balaban J connectivity index is 1.65. The predicted molar refractivity (Wildman–Crippen MR) is 96.5 cm³/mol. The second-order valence-corrected chi connectivity index (χ2v) is 7.19. The van der Waals surface area contributed by atoms with Crippen molar-refractivity contribution in [1.29, 1.82) is 0 Å². The molecule has 134 valence electrons. The summed E-state index contributed by atoms with van der Waals surface area (Å²) < 4.78 is 0. The molecule has 0 saturated carbocycles. The summed E-state index contributed by atoms with van der Waals surface area (Å²) >= 11 is 0. The number of likely N-dealkylation sites (tertiary alicyclic amines) is 1. The van der Waals surface area contributed by atoms with Crippen molar-refractivity contribution in [3.05, 3.63) is 35.0 Å². The number of aliphatic carboxylic acids is 1. The molecule has 0 bridgehead atoms. The van der Waals surface area contributed by atoms with Crippen LogP contribution >= 0.6 is 0 Å². The minimum absolute atomic E-state index is 0.195. The first kappa shape index (κ1) is 17.3. The number of hydrogen-bond donors (Lipinski definition) is 3.